The number of para-hydroxylation sites is 1. The van der Waals surface area contributed by atoms with Crippen molar-refractivity contribution in [2.45, 2.75) is 32.2 Å². The van der Waals surface area contributed by atoms with Crippen molar-refractivity contribution in [3.63, 3.8) is 0 Å². The van der Waals surface area contributed by atoms with E-state index < -0.39 is 27.8 Å². The molecule has 30 heavy (non-hydrogen) atoms. The highest BCUT2D eigenvalue weighted by atomic mass is 32.2. The second-order valence-electron chi connectivity index (χ2n) is 7.58. The molecule has 162 valence electrons. The molecule has 0 saturated heterocycles. The number of amides is 1. The summed E-state index contributed by atoms with van der Waals surface area (Å²) in [6.45, 7) is 3.74. The van der Waals surface area contributed by atoms with Gasteiger partial charge < -0.3 is 10.2 Å². The molecule has 1 N–H and O–H groups in total. The number of hydrogen-bond acceptors (Lipinski definition) is 4. The molecule has 0 fully saturated rings. The number of nitrogens with zero attached hydrogens (tertiary/aromatic N) is 2. The first-order valence-electron chi connectivity index (χ1n) is 10.1. The third-order valence-corrected chi connectivity index (χ3v) is 6.50. The van der Waals surface area contributed by atoms with Crippen LogP contribution in [0.4, 0.5) is 15.8 Å². The number of rotatable bonds is 8. The second-order valence-corrected chi connectivity index (χ2v) is 9.44. The predicted molar refractivity (Wildman–Crippen MR) is 118 cm³/mol. The molecule has 0 aliphatic carbocycles. The topological polar surface area (TPSA) is 69.7 Å². The van der Waals surface area contributed by atoms with Crippen molar-refractivity contribution in [1.82, 2.24) is 5.32 Å². The average molecular weight is 434 g/mol. The van der Waals surface area contributed by atoms with Crippen LogP contribution in [-0.2, 0) is 21.2 Å². The van der Waals surface area contributed by atoms with Gasteiger partial charge in [0.05, 0.1) is 11.9 Å². The average Bonchev–Trinajstić information content (AvgIpc) is 2.70. The highest BCUT2D eigenvalue weighted by Crippen LogP contribution is 2.26. The number of carbonyl (C=O) groups excluding carboxylic acids is 1. The number of anilines is 2. The lowest BCUT2D eigenvalue weighted by molar-refractivity contribution is -0.121. The number of nitrogens with one attached hydrogen (secondary N) is 1. The lowest BCUT2D eigenvalue weighted by Crippen LogP contribution is -2.48. The van der Waals surface area contributed by atoms with Crippen molar-refractivity contribution in [3.8, 4) is 0 Å². The standard InChI is InChI=1S/C22H28FN3O3S/c1-17(26(30(2,28)29)20-11-5-10-19(23)16-20)22(27)24-13-7-15-25-14-6-9-18-8-3-4-12-21(18)25/h3-5,8,10-12,16-17H,6-7,9,13-15H2,1-2H3,(H,24,27). The molecule has 3 rings (SSSR count). The van der Waals surface area contributed by atoms with Gasteiger partial charge in [-0.05, 0) is 56.0 Å². The fourth-order valence-corrected chi connectivity index (χ4v) is 5.06. The first-order chi connectivity index (χ1) is 14.3. The first-order valence-corrected chi connectivity index (χ1v) is 12.0. The van der Waals surface area contributed by atoms with Crippen molar-refractivity contribution in [1.29, 1.82) is 0 Å². The number of sulfonamides is 1. The second kappa shape index (κ2) is 9.47. The SMILES string of the molecule is CC(C(=O)NCCCN1CCCc2ccccc21)N(c1cccc(F)c1)S(C)(=O)=O. The van der Waals surface area contributed by atoms with E-state index in [4.69, 9.17) is 0 Å². The van der Waals surface area contributed by atoms with Crippen LogP contribution in [0.25, 0.3) is 0 Å². The summed E-state index contributed by atoms with van der Waals surface area (Å²) in [5.41, 5.74) is 2.73. The molecule has 0 aromatic heterocycles. The maximum atomic E-state index is 13.6. The zero-order valence-corrected chi connectivity index (χ0v) is 18.2. The molecule has 2 aromatic carbocycles. The van der Waals surface area contributed by atoms with Crippen molar-refractivity contribution < 1.29 is 17.6 Å². The number of hydrogen-bond donors (Lipinski definition) is 1. The van der Waals surface area contributed by atoms with Gasteiger partial charge in [0.25, 0.3) is 0 Å². The van der Waals surface area contributed by atoms with Crippen molar-refractivity contribution in [2.75, 3.05) is 35.1 Å². The fourth-order valence-electron chi connectivity index (χ4n) is 3.90. The van der Waals surface area contributed by atoms with E-state index in [1.807, 2.05) is 6.07 Å². The van der Waals surface area contributed by atoms with E-state index in [1.165, 1.54) is 36.4 Å². The summed E-state index contributed by atoms with van der Waals surface area (Å²) in [5, 5.41) is 2.82. The maximum Gasteiger partial charge on any atom is 0.243 e. The van der Waals surface area contributed by atoms with Crippen molar-refractivity contribution in [3.05, 3.63) is 59.9 Å². The van der Waals surface area contributed by atoms with Gasteiger partial charge >= 0.3 is 0 Å². The van der Waals surface area contributed by atoms with Crippen molar-refractivity contribution >= 4 is 27.3 Å². The van der Waals surface area contributed by atoms with Crippen LogP contribution in [0, 0.1) is 5.82 Å². The molecular weight excluding hydrogens is 405 g/mol. The molecule has 1 amide bonds. The smallest absolute Gasteiger partial charge is 0.243 e. The van der Waals surface area contributed by atoms with Gasteiger partial charge in [-0.1, -0.05) is 24.3 Å². The fraction of sp³-hybridized carbons (Fsp3) is 0.409. The molecule has 1 aliphatic rings. The zero-order chi connectivity index (χ0) is 21.7. The minimum atomic E-state index is -3.76. The van der Waals surface area contributed by atoms with E-state index in [-0.39, 0.29) is 5.69 Å². The molecule has 0 bridgehead atoms. The summed E-state index contributed by atoms with van der Waals surface area (Å²) < 4.78 is 39.1. The Morgan fingerprint density at radius 3 is 2.73 bits per heavy atom. The lowest BCUT2D eigenvalue weighted by Gasteiger charge is -2.31. The summed E-state index contributed by atoms with van der Waals surface area (Å²) in [6, 6.07) is 12.6. The number of fused-ring (bicyclic) bond motifs is 1. The maximum absolute atomic E-state index is 13.6. The number of aryl methyl sites for hydroxylation is 1. The summed E-state index contributed by atoms with van der Waals surface area (Å²) in [6.07, 6.45) is 3.95. The number of halogens is 1. The van der Waals surface area contributed by atoms with Crippen LogP contribution in [0.3, 0.4) is 0 Å². The molecule has 0 spiro atoms. The normalized spacial score (nSPS) is 14.7. The van der Waals surface area contributed by atoms with Gasteiger partial charge in [0.2, 0.25) is 15.9 Å². The monoisotopic (exact) mass is 433 g/mol. The van der Waals surface area contributed by atoms with Gasteiger partial charge in [0.15, 0.2) is 0 Å². The van der Waals surface area contributed by atoms with Gasteiger partial charge in [-0.3, -0.25) is 9.10 Å². The summed E-state index contributed by atoms with van der Waals surface area (Å²) in [5.74, 6) is -0.973. The van der Waals surface area contributed by atoms with E-state index in [2.05, 4.69) is 28.4 Å². The molecular formula is C22H28FN3O3S. The summed E-state index contributed by atoms with van der Waals surface area (Å²) in [7, 11) is -3.76. The molecule has 1 unspecified atom stereocenters. The molecule has 1 atom stereocenters. The molecule has 0 saturated carbocycles. The minimum absolute atomic E-state index is 0.130. The summed E-state index contributed by atoms with van der Waals surface area (Å²) >= 11 is 0. The van der Waals surface area contributed by atoms with E-state index in [0.29, 0.717) is 6.54 Å². The van der Waals surface area contributed by atoms with Gasteiger partial charge in [0.1, 0.15) is 11.9 Å². The van der Waals surface area contributed by atoms with Crippen LogP contribution in [0.5, 0.6) is 0 Å². The van der Waals surface area contributed by atoms with Gasteiger partial charge in [-0.25, -0.2) is 12.8 Å². The Kier molecular flexibility index (Phi) is 6.97. The summed E-state index contributed by atoms with van der Waals surface area (Å²) in [4.78, 5) is 14.9. The highest BCUT2D eigenvalue weighted by Gasteiger charge is 2.29. The molecule has 1 heterocycles. The van der Waals surface area contributed by atoms with Gasteiger partial charge in [-0.2, -0.15) is 0 Å². The van der Waals surface area contributed by atoms with Crippen LogP contribution in [0.1, 0.15) is 25.3 Å². The van der Waals surface area contributed by atoms with E-state index in [0.717, 1.165) is 49.0 Å². The number of carbonyl (C=O) groups is 1. The molecule has 8 heteroatoms. The first kappa shape index (κ1) is 22.1. The quantitative estimate of drug-likeness (QED) is 0.650. The largest absolute Gasteiger partial charge is 0.371 e. The predicted octanol–water partition coefficient (Wildman–Crippen LogP) is 2.94. The van der Waals surface area contributed by atoms with Crippen LogP contribution in [0.15, 0.2) is 48.5 Å². The van der Waals surface area contributed by atoms with E-state index >= 15 is 0 Å². The Morgan fingerprint density at radius 1 is 1.23 bits per heavy atom. The minimum Gasteiger partial charge on any atom is -0.371 e. The van der Waals surface area contributed by atoms with Crippen LogP contribution in [0.2, 0.25) is 0 Å². The van der Waals surface area contributed by atoms with E-state index in [1.54, 1.807) is 0 Å². The molecule has 0 radical (unpaired) electrons. The third-order valence-electron chi connectivity index (χ3n) is 5.26. The Balaban J connectivity index is 1.57. The van der Waals surface area contributed by atoms with E-state index in [9.17, 15) is 17.6 Å². The van der Waals surface area contributed by atoms with Crippen LogP contribution >= 0.6 is 0 Å². The third kappa shape index (κ3) is 5.30. The highest BCUT2D eigenvalue weighted by molar-refractivity contribution is 7.92. The zero-order valence-electron chi connectivity index (χ0n) is 17.3. The Hall–Kier alpha value is -2.61. The molecule has 1 aliphatic heterocycles. The molecule has 6 nitrogen and oxygen atoms in total. The lowest BCUT2D eigenvalue weighted by atomic mass is 10.0. The Bertz CT molecular complexity index is 997. The van der Waals surface area contributed by atoms with Crippen LogP contribution in [-0.4, -0.2) is 46.3 Å². The van der Waals surface area contributed by atoms with Crippen LogP contribution < -0.4 is 14.5 Å². The number of benzene rings is 2. The molecule has 2 aromatic rings. The Labute approximate surface area is 177 Å². The van der Waals surface area contributed by atoms with Gasteiger partial charge in [0, 0.05) is 25.3 Å². The Morgan fingerprint density at radius 2 is 2.00 bits per heavy atom. The van der Waals surface area contributed by atoms with Crippen molar-refractivity contribution in [2.24, 2.45) is 0 Å². The van der Waals surface area contributed by atoms with Gasteiger partial charge in [-0.15, -0.1) is 0 Å².